The van der Waals surface area contributed by atoms with E-state index >= 15 is 0 Å². The Morgan fingerprint density at radius 3 is 2.33 bits per heavy atom. The summed E-state index contributed by atoms with van der Waals surface area (Å²) in [6.45, 7) is 1.75. The molecule has 1 amide bonds. The van der Waals surface area contributed by atoms with Crippen LogP contribution >= 0.6 is 0 Å². The first kappa shape index (κ1) is 14.5. The minimum absolute atomic E-state index is 0.0435. The molecule has 1 aliphatic heterocycles. The van der Waals surface area contributed by atoms with E-state index in [4.69, 9.17) is 0 Å². The highest BCUT2D eigenvalue weighted by Crippen LogP contribution is 2.37. The van der Waals surface area contributed by atoms with Gasteiger partial charge in [0.1, 0.15) is 0 Å². The molecule has 2 fully saturated rings. The second-order valence-electron chi connectivity index (χ2n) is 6.44. The first-order chi connectivity index (χ1) is 10.2. The predicted octanol–water partition coefficient (Wildman–Crippen LogP) is 1.34. The third-order valence-corrected chi connectivity index (χ3v) is 5.21. The summed E-state index contributed by atoms with van der Waals surface area (Å²) in [5.41, 5.74) is 0.269. The van der Waals surface area contributed by atoms with Gasteiger partial charge in [0.15, 0.2) is 0 Å². The maximum Gasteiger partial charge on any atom is 0.231 e. The molecule has 1 heterocycles. The van der Waals surface area contributed by atoms with Gasteiger partial charge in [0, 0.05) is 0 Å². The summed E-state index contributed by atoms with van der Waals surface area (Å²) >= 11 is 0. The maximum atomic E-state index is 13.0. The molecule has 0 radical (unpaired) electrons. The van der Waals surface area contributed by atoms with Crippen LogP contribution in [0.2, 0.25) is 0 Å². The number of carbonyl (C=O) groups is 1. The van der Waals surface area contributed by atoms with E-state index in [1.807, 2.05) is 18.2 Å². The van der Waals surface area contributed by atoms with E-state index in [-0.39, 0.29) is 18.1 Å². The second-order valence-corrected chi connectivity index (χ2v) is 6.44. The van der Waals surface area contributed by atoms with Crippen molar-refractivity contribution in [3.8, 4) is 0 Å². The first-order valence-corrected chi connectivity index (χ1v) is 7.91. The molecule has 1 aliphatic carbocycles. The van der Waals surface area contributed by atoms with Crippen LogP contribution in [-0.4, -0.2) is 36.2 Å². The number of hydrogen-bond donors (Lipinski definition) is 3. The van der Waals surface area contributed by atoms with Crippen molar-refractivity contribution in [2.75, 3.05) is 19.7 Å². The monoisotopic (exact) mass is 288 g/mol. The van der Waals surface area contributed by atoms with Gasteiger partial charge in [-0.2, -0.15) is 0 Å². The van der Waals surface area contributed by atoms with Crippen molar-refractivity contribution in [3.05, 3.63) is 35.9 Å². The molecule has 1 aromatic rings. The molecule has 0 bridgehead atoms. The quantitative estimate of drug-likeness (QED) is 0.783. The molecule has 21 heavy (non-hydrogen) atoms. The van der Waals surface area contributed by atoms with E-state index in [1.165, 1.54) is 0 Å². The average molecular weight is 288 g/mol. The molecule has 0 atom stereocenters. The molecular formula is C17H24N2O2. The Labute approximate surface area is 125 Å². The zero-order valence-electron chi connectivity index (χ0n) is 12.4. The molecule has 2 aliphatic rings. The standard InChI is InChI=1S/C17H24N2O2/c20-13-16(7-4-8-16)19-15(21)17(9-11-18-12-10-17)14-5-2-1-3-6-14/h1-3,5-6,18,20H,4,7-13H2,(H,19,21). The lowest BCUT2D eigenvalue weighted by Crippen LogP contribution is -2.62. The zero-order valence-corrected chi connectivity index (χ0v) is 12.4. The van der Waals surface area contributed by atoms with Crippen molar-refractivity contribution in [3.63, 3.8) is 0 Å². The van der Waals surface area contributed by atoms with E-state index < -0.39 is 5.41 Å². The molecule has 0 unspecified atom stereocenters. The Kier molecular flexibility index (Phi) is 4.00. The number of nitrogens with one attached hydrogen (secondary N) is 2. The van der Waals surface area contributed by atoms with Crippen molar-refractivity contribution in [1.82, 2.24) is 10.6 Å². The van der Waals surface area contributed by atoms with E-state index in [0.29, 0.717) is 0 Å². The van der Waals surface area contributed by atoms with E-state index in [9.17, 15) is 9.90 Å². The lowest BCUT2D eigenvalue weighted by molar-refractivity contribution is -0.132. The molecule has 4 nitrogen and oxygen atoms in total. The predicted molar refractivity (Wildman–Crippen MR) is 82.0 cm³/mol. The number of amides is 1. The number of piperidine rings is 1. The average Bonchev–Trinajstić information content (AvgIpc) is 2.52. The van der Waals surface area contributed by atoms with E-state index in [2.05, 4.69) is 22.8 Å². The highest BCUT2D eigenvalue weighted by atomic mass is 16.3. The summed E-state index contributed by atoms with van der Waals surface area (Å²) < 4.78 is 0. The third-order valence-electron chi connectivity index (χ3n) is 5.21. The summed E-state index contributed by atoms with van der Waals surface area (Å²) in [7, 11) is 0. The number of carbonyl (C=O) groups excluding carboxylic acids is 1. The zero-order chi connectivity index (χ0) is 14.8. The van der Waals surface area contributed by atoms with Crippen molar-refractivity contribution in [2.45, 2.75) is 43.1 Å². The largest absolute Gasteiger partial charge is 0.394 e. The van der Waals surface area contributed by atoms with Crippen molar-refractivity contribution in [1.29, 1.82) is 0 Å². The molecule has 3 N–H and O–H groups in total. The van der Waals surface area contributed by atoms with Crippen LogP contribution in [0.25, 0.3) is 0 Å². The van der Waals surface area contributed by atoms with Gasteiger partial charge >= 0.3 is 0 Å². The fraction of sp³-hybridized carbons (Fsp3) is 0.588. The van der Waals surface area contributed by atoms with Crippen LogP contribution in [0.5, 0.6) is 0 Å². The Bertz CT molecular complexity index is 485. The van der Waals surface area contributed by atoms with Gasteiger partial charge in [-0.3, -0.25) is 4.79 Å². The SMILES string of the molecule is O=C(NC1(CO)CCC1)C1(c2ccccc2)CCNCC1. The van der Waals surface area contributed by atoms with Crippen molar-refractivity contribution < 1.29 is 9.90 Å². The highest BCUT2D eigenvalue weighted by Gasteiger charge is 2.46. The minimum Gasteiger partial charge on any atom is -0.394 e. The number of aliphatic hydroxyl groups is 1. The van der Waals surface area contributed by atoms with Crippen LogP contribution in [0.4, 0.5) is 0 Å². The topological polar surface area (TPSA) is 61.4 Å². The molecule has 0 aromatic heterocycles. The fourth-order valence-corrected chi connectivity index (χ4v) is 3.54. The van der Waals surface area contributed by atoms with Gasteiger partial charge in [-0.05, 0) is 50.8 Å². The third kappa shape index (κ3) is 2.58. The Balaban J connectivity index is 1.87. The van der Waals surface area contributed by atoms with Crippen LogP contribution in [0.15, 0.2) is 30.3 Å². The number of rotatable bonds is 4. The highest BCUT2D eigenvalue weighted by molar-refractivity contribution is 5.89. The molecular weight excluding hydrogens is 264 g/mol. The van der Waals surface area contributed by atoms with Gasteiger partial charge in [0.2, 0.25) is 5.91 Å². The summed E-state index contributed by atoms with van der Waals surface area (Å²) in [5, 5.41) is 16.1. The summed E-state index contributed by atoms with van der Waals surface area (Å²) in [5.74, 6) is 0.0870. The number of benzene rings is 1. The van der Waals surface area contributed by atoms with E-state index in [0.717, 1.165) is 50.8 Å². The van der Waals surface area contributed by atoms with Crippen LogP contribution in [0.1, 0.15) is 37.7 Å². The van der Waals surface area contributed by atoms with Crippen LogP contribution in [0.3, 0.4) is 0 Å². The van der Waals surface area contributed by atoms with Gasteiger partial charge in [-0.1, -0.05) is 30.3 Å². The normalized spacial score (nSPS) is 23.1. The molecule has 0 spiro atoms. The minimum atomic E-state index is -0.454. The van der Waals surface area contributed by atoms with E-state index in [1.54, 1.807) is 0 Å². The van der Waals surface area contributed by atoms with Crippen molar-refractivity contribution in [2.24, 2.45) is 0 Å². The summed E-state index contributed by atoms with van der Waals surface area (Å²) in [6.07, 6.45) is 4.48. The number of aliphatic hydroxyl groups excluding tert-OH is 1. The molecule has 1 aromatic carbocycles. The maximum absolute atomic E-state index is 13.0. The summed E-state index contributed by atoms with van der Waals surface area (Å²) in [6, 6.07) is 10.1. The molecule has 1 saturated carbocycles. The Morgan fingerprint density at radius 2 is 1.81 bits per heavy atom. The van der Waals surface area contributed by atoms with Gasteiger partial charge in [0.25, 0.3) is 0 Å². The van der Waals surface area contributed by atoms with Gasteiger partial charge in [-0.25, -0.2) is 0 Å². The lowest BCUT2D eigenvalue weighted by Gasteiger charge is -2.45. The molecule has 4 heteroatoms. The smallest absolute Gasteiger partial charge is 0.231 e. The Morgan fingerprint density at radius 1 is 1.14 bits per heavy atom. The van der Waals surface area contributed by atoms with Gasteiger partial charge in [0.05, 0.1) is 17.6 Å². The number of hydrogen-bond acceptors (Lipinski definition) is 3. The second kappa shape index (κ2) is 5.78. The fourth-order valence-electron chi connectivity index (χ4n) is 3.54. The first-order valence-electron chi connectivity index (χ1n) is 7.91. The summed E-state index contributed by atoms with van der Waals surface area (Å²) in [4.78, 5) is 13.0. The molecule has 1 saturated heterocycles. The molecule has 3 rings (SSSR count). The van der Waals surface area contributed by atoms with Gasteiger partial charge in [-0.15, -0.1) is 0 Å². The molecule has 114 valence electrons. The van der Waals surface area contributed by atoms with Crippen LogP contribution in [-0.2, 0) is 10.2 Å². The van der Waals surface area contributed by atoms with Crippen molar-refractivity contribution >= 4 is 5.91 Å². The van der Waals surface area contributed by atoms with Gasteiger partial charge < -0.3 is 15.7 Å². The van der Waals surface area contributed by atoms with Crippen LogP contribution < -0.4 is 10.6 Å². The lowest BCUT2D eigenvalue weighted by atomic mass is 9.70. The Hall–Kier alpha value is -1.39. The van der Waals surface area contributed by atoms with Crippen LogP contribution in [0, 0.1) is 0 Å².